The van der Waals surface area contributed by atoms with Crippen LogP contribution in [-0.2, 0) is 20.9 Å². The summed E-state index contributed by atoms with van der Waals surface area (Å²) in [5, 5.41) is 20.8. The number of nitrogens with one attached hydrogen (secondary N) is 2. The number of nitrogens with zero attached hydrogens (tertiary/aromatic N) is 5. The maximum absolute atomic E-state index is 13.1. The second kappa shape index (κ2) is 11.1. The highest BCUT2D eigenvalue weighted by Crippen LogP contribution is 2.57. The van der Waals surface area contributed by atoms with E-state index in [0.29, 0.717) is 30.3 Å². The average molecular weight is 606 g/mol. The van der Waals surface area contributed by atoms with E-state index in [1.54, 1.807) is 12.3 Å². The minimum Gasteiger partial charge on any atom is -0.475 e. The number of carboxylic acid groups (broad SMARTS) is 1. The van der Waals surface area contributed by atoms with Crippen molar-refractivity contribution in [3.63, 3.8) is 0 Å². The Morgan fingerprint density at radius 1 is 1.19 bits per heavy atom. The number of halogens is 3. The number of carboxylic acids is 1. The number of rotatable bonds is 5. The van der Waals surface area contributed by atoms with Gasteiger partial charge in [-0.25, -0.2) is 9.48 Å². The van der Waals surface area contributed by atoms with Gasteiger partial charge < -0.3 is 20.2 Å². The molecule has 1 aromatic carbocycles. The lowest BCUT2D eigenvalue weighted by Crippen LogP contribution is -2.70. The maximum atomic E-state index is 13.1. The summed E-state index contributed by atoms with van der Waals surface area (Å²) in [5.41, 5.74) is 2.29. The van der Waals surface area contributed by atoms with Crippen molar-refractivity contribution in [1.29, 1.82) is 0 Å². The van der Waals surface area contributed by atoms with E-state index in [9.17, 15) is 32.3 Å². The van der Waals surface area contributed by atoms with Crippen molar-refractivity contribution in [2.75, 3.05) is 14.1 Å². The first-order chi connectivity index (χ1) is 20.2. The molecule has 43 heavy (non-hydrogen) atoms. The minimum atomic E-state index is -5.08. The molecule has 2 saturated carbocycles. The van der Waals surface area contributed by atoms with E-state index in [2.05, 4.69) is 39.9 Å². The fourth-order valence-corrected chi connectivity index (χ4v) is 6.37. The number of benzene rings is 1. The smallest absolute Gasteiger partial charge is 0.475 e. The molecule has 4 aliphatic rings. The summed E-state index contributed by atoms with van der Waals surface area (Å²) in [7, 11) is 4.19. The number of aromatic nitrogens is 3. The summed E-state index contributed by atoms with van der Waals surface area (Å²) < 4.78 is 33.2. The van der Waals surface area contributed by atoms with E-state index in [-0.39, 0.29) is 41.3 Å². The molecule has 0 radical (unpaired) electrons. The molecule has 4 amide bonds. The van der Waals surface area contributed by atoms with Gasteiger partial charge in [0.05, 0.1) is 11.9 Å². The largest absolute Gasteiger partial charge is 0.490 e. The van der Waals surface area contributed by atoms with Crippen molar-refractivity contribution < 1.29 is 42.3 Å². The molecule has 230 valence electrons. The standard InChI is InChI=1S/C25H29N7O4.C2HF3O2/c1-30(2)20-11-19(25(20)8-3-9-25)26-22(34)17-13-32(29-28-17)15-5-4-14-12-31(24(36)16(14)10-15)18-6-7-21(33)27-23(18)35;3-2(4,5)1(6)7/h4-5,10,13,18-20H,3,6-9,11-12H2,1-2H3,(H,26,34)(H,27,33,35);(H,6,7). The Hall–Kier alpha value is -4.34. The molecule has 2 aromatic rings. The molecule has 3 unspecified atom stereocenters. The molecule has 2 aliphatic carbocycles. The monoisotopic (exact) mass is 605 g/mol. The van der Waals surface area contributed by atoms with E-state index in [1.165, 1.54) is 16.0 Å². The fraction of sp³-hybridized carbons (Fsp3) is 0.519. The molecule has 1 aromatic heterocycles. The van der Waals surface area contributed by atoms with E-state index in [0.717, 1.165) is 24.8 Å². The van der Waals surface area contributed by atoms with Gasteiger partial charge in [-0.1, -0.05) is 17.7 Å². The molecule has 0 bridgehead atoms. The van der Waals surface area contributed by atoms with Crippen LogP contribution in [0.3, 0.4) is 0 Å². The predicted octanol–water partition coefficient (Wildman–Crippen LogP) is 1.26. The Morgan fingerprint density at radius 3 is 2.47 bits per heavy atom. The second-order valence-corrected chi connectivity index (χ2v) is 11.4. The number of carbonyl (C=O) groups is 5. The summed E-state index contributed by atoms with van der Waals surface area (Å²) in [6.45, 7) is 0.308. The van der Waals surface area contributed by atoms with Gasteiger partial charge in [0, 0.05) is 36.0 Å². The Bertz CT molecular complexity index is 1490. The number of alkyl halides is 3. The number of piperidine rings is 1. The fourth-order valence-electron chi connectivity index (χ4n) is 6.37. The van der Waals surface area contributed by atoms with Gasteiger partial charge in [-0.15, -0.1) is 5.10 Å². The maximum Gasteiger partial charge on any atom is 0.490 e. The van der Waals surface area contributed by atoms with Gasteiger partial charge in [0.15, 0.2) is 5.69 Å². The van der Waals surface area contributed by atoms with E-state index >= 15 is 0 Å². The van der Waals surface area contributed by atoms with Crippen LogP contribution in [0.15, 0.2) is 24.4 Å². The molecule has 1 saturated heterocycles. The lowest BCUT2D eigenvalue weighted by atomic mass is 9.49. The highest BCUT2D eigenvalue weighted by Gasteiger charge is 2.59. The van der Waals surface area contributed by atoms with Gasteiger partial charge >= 0.3 is 12.1 Å². The summed E-state index contributed by atoms with van der Waals surface area (Å²) in [5.74, 6) is -4.01. The number of carbonyl (C=O) groups excluding carboxylic acids is 4. The van der Waals surface area contributed by atoms with Crippen molar-refractivity contribution >= 4 is 29.6 Å². The van der Waals surface area contributed by atoms with Gasteiger partial charge in [-0.05, 0) is 57.5 Å². The summed E-state index contributed by atoms with van der Waals surface area (Å²) in [6, 6.07) is 5.32. The molecule has 3 N–H and O–H groups in total. The zero-order valence-electron chi connectivity index (χ0n) is 23.3. The molecule has 3 atom stereocenters. The van der Waals surface area contributed by atoms with E-state index < -0.39 is 24.1 Å². The number of hydrogen-bond donors (Lipinski definition) is 3. The van der Waals surface area contributed by atoms with Crippen LogP contribution in [0, 0.1) is 5.41 Å². The first-order valence-corrected chi connectivity index (χ1v) is 13.7. The molecule has 3 heterocycles. The van der Waals surface area contributed by atoms with Crippen molar-refractivity contribution in [3.8, 4) is 5.69 Å². The third-order valence-electron chi connectivity index (χ3n) is 8.77. The molecule has 3 fully saturated rings. The molecule has 13 nitrogen and oxygen atoms in total. The Labute approximate surface area is 243 Å². The van der Waals surface area contributed by atoms with Gasteiger partial charge in [-0.2, -0.15) is 13.2 Å². The summed E-state index contributed by atoms with van der Waals surface area (Å²) >= 11 is 0. The Kier molecular flexibility index (Phi) is 7.75. The highest BCUT2D eigenvalue weighted by atomic mass is 19.4. The molecule has 2 aliphatic heterocycles. The number of hydrogen-bond acceptors (Lipinski definition) is 8. The summed E-state index contributed by atoms with van der Waals surface area (Å²) in [4.78, 5) is 62.4. The summed E-state index contributed by atoms with van der Waals surface area (Å²) in [6.07, 6.45) is 1.41. The lowest BCUT2D eigenvalue weighted by Gasteiger charge is -2.63. The predicted molar refractivity (Wildman–Crippen MR) is 141 cm³/mol. The first-order valence-electron chi connectivity index (χ1n) is 13.7. The minimum absolute atomic E-state index is 0.146. The molecule has 1 spiro atoms. The quantitative estimate of drug-likeness (QED) is 0.425. The van der Waals surface area contributed by atoms with Crippen LogP contribution in [0.4, 0.5) is 13.2 Å². The highest BCUT2D eigenvalue weighted by molar-refractivity contribution is 6.05. The Balaban J connectivity index is 0.000000472. The zero-order chi connectivity index (χ0) is 31.3. The SMILES string of the molecule is CN(C)C1CC(NC(=O)c2cn(-c3ccc4c(c3)C(=O)N(C3CCC(=O)NC3=O)C4)nn2)C12CCC2.O=C(O)C(F)(F)F. The Morgan fingerprint density at radius 2 is 1.88 bits per heavy atom. The van der Waals surface area contributed by atoms with Crippen LogP contribution in [0.5, 0.6) is 0 Å². The normalized spacial score (nSPS) is 24.0. The van der Waals surface area contributed by atoms with Crippen LogP contribution in [0.1, 0.15) is 64.9 Å². The molecular formula is C27H30F3N7O6. The molecule has 6 rings (SSSR count). The van der Waals surface area contributed by atoms with Crippen LogP contribution >= 0.6 is 0 Å². The van der Waals surface area contributed by atoms with E-state index in [1.807, 2.05) is 12.1 Å². The third kappa shape index (κ3) is 5.58. The van der Waals surface area contributed by atoms with Gasteiger partial charge in [0.2, 0.25) is 11.8 Å². The average Bonchev–Trinajstić information content (AvgIpc) is 3.50. The van der Waals surface area contributed by atoms with Gasteiger partial charge in [0.1, 0.15) is 6.04 Å². The van der Waals surface area contributed by atoms with Crippen molar-refractivity contribution in [2.45, 2.75) is 69.4 Å². The van der Waals surface area contributed by atoms with Crippen LogP contribution in [0.25, 0.3) is 5.69 Å². The lowest BCUT2D eigenvalue weighted by molar-refractivity contribution is -0.192. The molecule has 16 heteroatoms. The van der Waals surface area contributed by atoms with Gasteiger partial charge in [0.25, 0.3) is 11.8 Å². The van der Waals surface area contributed by atoms with Crippen molar-refractivity contribution in [2.24, 2.45) is 5.41 Å². The third-order valence-corrected chi connectivity index (χ3v) is 8.77. The topological polar surface area (TPSA) is 167 Å². The van der Waals surface area contributed by atoms with Crippen LogP contribution in [0.2, 0.25) is 0 Å². The number of aliphatic carboxylic acids is 1. The van der Waals surface area contributed by atoms with Crippen LogP contribution < -0.4 is 10.6 Å². The second-order valence-electron chi connectivity index (χ2n) is 11.4. The number of amides is 4. The molecular weight excluding hydrogens is 575 g/mol. The van der Waals surface area contributed by atoms with Crippen molar-refractivity contribution in [1.82, 2.24) is 35.4 Å². The zero-order valence-corrected chi connectivity index (χ0v) is 23.3. The number of imide groups is 1. The van der Waals surface area contributed by atoms with E-state index in [4.69, 9.17) is 9.90 Å². The van der Waals surface area contributed by atoms with Crippen LogP contribution in [-0.4, -0.2) is 97.9 Å². The van der Waals surface area contributed by atoms with Gasteiger partial charge in [-0.3, -0.25) is 24.5 Å². The number of fused-ring (bicyclic) bond motifs is 1. The first kappa shape index (κ1) is 30.1. The van der Waals surface area contributed by atoms with Crippen molar-refractivity contribution in [3.05, 3.63) is 41.2 Å².